The fourth-order valence-corrected chi connectivity index (χ4v) is 2.16. The van der Waals surface area contributed by atoms with E-state index in [0.717, 1.165) is 11.1 Å². The summed E-state index contributed by atoms with van der Waals surface area (Å²) in [6.45, 7) is 2.18. The summed E-state index contributed by atoms with van der Waals surface area (Å²) in [6.07, 6.45) is 2.74. The molecule has 2 aromatic rings. The van der Waals surface area contributed by atoms with Gasteiger partial charge in [0.2, 0.25) is 0 Å². The maximum absolute atomic E-state index is 11.9. The molecule has 2 N–H and O–H groups in total. The van der Waals surface area contributed by atoms with Gasteiger partial charge < -0.3 is 15.4 Å². The number of pyridine rings is 1. The molecule has 0 saturated heterocycles. The van der Waals surface area contributed by atoms with Gasteiger partial charge in [0.05, 0.1) is 18.0 Å². The van der Waals surface area contributed by atoms with Gasteiger partial charge in [-0.1, -0.05) is 24.3 Å². The number of benzene rings is 1. The minimum atomic E-state index is -0.738. The molecule has 120 valence electrons. The van der Waals surface area contributed by atoms with E-state index >= 15 is 0 Å². The van der Waals surface area contributed by atoms with Gasteiger partial charge >= 0.3 is 11.8 Å². The van der Waals surface area contributed by atoms with Crippen molar-refractivity contribution >= 4 is 17.5 Å². The van der Waals surface area contributed by atoms with Gasteiger partial charge in [0.1, 0.15) is 0 Å². The van der Waals surface area contributed by atoms with Gasteiger partial charge in [0.15, 0.2) is 0 Å². The third kappa shape index (κ3) is 4.62. The lowest BCUT2D eigenvalue weighted by Crippen LogP contribution is -2.38. The smallest absolute Gasteiger partial charge is 0.313 e. The van der Waals surface area contributed by atoms with Gasteiger partial charge in [-0.05, 0) is 30.2 Å². The van der Waals surface area contributed by atoms with Crippen molar-refractivity contribution in [2.45, 2.75) is 13.0 Å². The van der Waals surface area contributed by atoms with E-state index in [1.54, 1.807) is 25.4 Å². The summed E-state index contributed by atoms with van der Waals surface area (Å²) in [5.41, 5.74) is 2.51. The molecule has 6 heteroatoms. The first-order valence-corrected chi connectivity index (χ1v) is 7.19. The van der Waals surface area contributed by atoms with E-state index in [1.807, 2.05) is 31.2 Å². The van der Waals surface area contributed by atoms with Crippen LogP contribution in [0.2, 0.25) is 0 Å². The van der Waals surface area contributed by atoms with Gasteiger partial charge in [-0.15, -0.1) is 0 Å². The number of aromatic nitrogens is 1. The van der Waals surface area contributed by atoms with Crippen LogP contribution in [0.3, 0.4) is 0 Å². The Morgan fingerprint density at radius 3 is 2.61 bits per heavy atom. The molecule has 1 aromatic heterocycles. The molecule has 6 nitrogen and oxygen atoms in total. The minimum Gasteiger partial charge on any atom is -0.375 e. The second-order valence-electron chi connectivity index (χ2n) is 4.99. The summed E-state index contributed by atoms with van der Waals surface area (Å²) in [4.78, 5) is 27.6. The van der Waals surface area contributed by atoms with E-state index in [9.17, 15) is 9.59 Å². The largest absolute Gasteiger partial charge is 0.375 e. The highest BCUT2D eigenvalue weighted by molar-refractivity contribution is 6.39. The molecular weight excluding hydrogens is 294 g/mol. The Kier molecular flexibility index (Phi) is 5.82. The van der Waals surface area contributed by atoms with Gasteiger partial charge in [-0.25, -0.2) is 0 Å². The van der Waals surface area contributed by atoms with Crippen molar-refractivity contribution in [2.24, 2.45) is 0 Å². The van der Waals surface area contributed by atoms with Gasteiger partial charge in [0, 0.05) is 19.9 Å². The molecule has 0 fully saturated rings. The number of anilines is 1. The second-order valence-corrected chi connectivity index (χ2v) is 4.99. The van der Waals surface area contributed by atoms with E-state index in [4.69, 9.17) is 4.74 Å². The standard InChI is InChI=1S/C17H19N3O3/c1-12-6-3-4-8-14(12)15(23-2)11-19-16(21)17(22)20-13-7-5-9-18-10-13/h3-10,15H,11H2,1-2H3,(H,19,21)(H,20,22). The molecule has 2 amide bonds. The van der Waals surface area contributed by atoms with E-state index in [1.165, 1.54) is 6.20 Å². The molecule has 0 aliphatic heterocycles. The first kappa shape index (κ1) is 16.6. The molecule has 0 radical (unpaired) electrons. The quantitative estimate of drug-likeness (QED) is 0.825. The first-order valence-electron chi connectivity index (χ1n) is 7.19. The molecule has 1 heterocycles. The Morgan fingerprint density at radius 1 is 1.17 bits per heavy atom. The van der Waals surface area contributed by atoms with Crippen LogP contribution >= 0.6 is 0 Å². The predicted molar refractivity (Wildman–Crippen MR) is 86.8 cm³/mol. The van der Waals surface area contributed by atoms with Crippen LogP contribution in [0, 0.1) is 6.92 Å². The lowest BCUT2D eigenvalue weighted by atomic mass is 10.0. The van der Waals surface area contributed by atoms with Crippen molar-refractivity contribution in [3.05, 3.63) is 59.9 Å². The number of hydrogen-bond acceptors (Lipinski definition) is 4. The Bertz CT molecular complexity index is 674. The molecule has 1 aromatic carbocycles. The van der Waals surface area contributed by atoms with Crippen molar-refractivity contribution in [3.8, 4) is 0 Å². The average molecular weight is 313 g/mol. The van der Waals surface area contributed by atoms with Gasteiger partial charge in [-0.2, -0.15) is 0 Å². The van der Waals surface area contributed by atoms with Crippen molar-refractivity contribution in [2.75, 3.05) is 19.0 Å². The lowest BCUT2D eigenvalue weighted by molar-refractivity contribution is -0.136. The number of rotatable bonds is 5. The highest BCUT2D eigenvalue weighted by Crippen LogP contribution is 2.19. The van der Waals surface area contributed by atoms with E-state index in [-0.39, 0.29) is 12.6 Å². The van der Waals surface area contributed by atoms with Crippen LogP contribution in [0.5, 0.6) is 0 Å². The van der Waals surface area contributed by atoms with Gasteiger partial charge in [-0.3, -0.25) is 14.6 Å². The lowest BCUT2D eigenvalue weighted by Gasteiger charge is -2.18. The number of ether oxygens (including phenoxy) is 1. The monoisotopic (exact) mass is 313 g/mol. The van der Waals surface area contributed by atoms with Crippen LogP contribution in [0.1, 0.15) is 17.2 Å². The van der Waals surface area contributed by atoms with E-state index < -0.39 is 11.8 Å². The van der Waals surface area contributed by atoms with Crippen molar-refractivity contribution in [1.82, 2.24) is 10.3 Å². The normalized spacial score (nSPS) is 11.6. The summed E-state index contributed by atoms with van der Waals surface area (Å²) in [5.74, 6) is -1.46. The van der Waals surface area contributed by atoms with E-state index in [2.05, 4.69) is 15.6 Å². The van der Waals surface area contributed by atoms with Crippen LogP contribution in [0.25, 0.3) is 0 Å². The summed E-state index contributed by atoms with van der Waals surface area (Å²) in [6, 6.07) is 11.1. The minimum absolute atomic E-state index is 0.209. The number of aryl methyl sites for hydroxylation is 1. The molecule has 0 bridgehead atoms. The van der Waals surface area contributed by atoms with Crippen LogP contribution in [0.4, 0.5) is 5.69 Å². The molecule has 0 aliphatic rings. The zero-order valence-corrected chi connectivity index (χ0v) is 13.1. The Morgan fingerprint density at radius 2 is 1.96 bits per heavy atom. The summed E-state index contributed by atoms with van der Waals surface area (Å²) in [5, 5.41) is 5.06. The number of nitrogens with one attached hydrogen (secondary N) is 2. The molecule has 0 spiro atoms. The molecule has 2 rings (SSSR count). The highest BCUT2D eigenvalue weighted by Gasteiger charge is 2.18. The number of methoxy groups -OCH3 is 1. The van der Waals surface area contributed by atoms with Crippen LogP contribution in [-0.2, 0) is 14.3 Å². The maximum Gasteiger partial charge on any atom is 0.313 e. The SMILES string of the molecule is COC(CNC(=O)C(=O)Nc1cccnc1)c1ccccc1C. The zero-order chi connectivity index (χ0) is 16.7. The molecular formula is C17H19N3O3. The Labute approximate surface area is 134 Å². The summed E-state index contributed by atoms with van der Waals surface area (Å²) in [7, 11) is 1.57. The zero-order valence-electron chi connectivity index (χ0n) is 13.1. The Hall–Kier alpha value is -2.73. The number of carbonyl (C=O) groups is 2. The number of amides is 2. The van der Waals surface area contributed by atoms with Gasteiger partial charge in [0.25, 0.3) is 0 Å². The number of carbonyl (C=O) groups excluding carboxylic acids is 2. The molecule has 1 unspecified atom stereocenters. The maximum atomic E-state index is 11.9. The average Bonchev–Trinajstić information content (AvgIpc) is 2.57. The molecule has 23 heavy (non-hydrogen) atoms. The van der Waals surface area contributed by atoms with Crippen LogP contribution in [0.15, 0.2) is 48.8 Å². The summed E-state index contributed by atoms with van der Waals surface area (Å²) >= 11 is 0. The molecule has 1 atom stereocenters. The fraction of sp³-hybridized carbons (Fsp3) is 0.235. The second kappa shape index (κ2) is 8.05. The first-order chi connectivity index (χ1) is 11.1. The van der Waals surface area contributed by atoms with Crippen molar-refractivity contribution in [1.29, 1.82) is 0 Å². The third-order valence-electron chi connectivity index (χ3n) is 3.39. The predicted octanol–water partition coefficient (Wildman–Crippen LogP) is 1.83. The van der Waals surface area contributed by atoms with Crippen LogP contribution < -0.4 is 10.6 Å². The fourth-order valence-electron chi connectivity index (χ4n) is 2.16. The summed E-state index contributed by atoms with van der Waals surface area (Å²) < 4.78 is 5.41. The number of nitrogens with zero attached hydrogens (tertiary/aromatic N) is 1. The highest BCUT2D eigenvalue weighted by atomic mass is 16.5. The van der Waals surface area contributed by atoms with E-state index in [0.29, 0.717) is 5.69 Å². The topological polar surface area (TPSA) is 80.3 Å². The van der Waals surface area contributed by atoms with Crippen molar-refractivity contribution < 1.29 is 14.3 Å². The van der Waals surface area contributed by atoms with Crippen LogP contribution in [-0.4, -0.2) is 30.5 Å². The molecule has 0 saturated carbocycles. The van der Waals surface area contributed by atoms with Crippen molar-refractivity contribution in [3.63, 3.8) is 0 Å². The molecule has 0 aliphatic carbocycles. The third-order valence-corrected chi connectivity index (χ3v) is 3.39. The number of hydrogen-bond donors (Lipinski definition) is 2. The Balaban J connectivity index is 1.92.